The van der Waals surface area contributed by atoms with E-state index < -0.39 is 28.0 Å². The number of pyridine rings is 1. The van der Waals surface area contributed by atoms with E-state index in [4.69, 9.17) is 0 Å². The van der Waals surface area contributed by atoms with Crippen molar-refractivity contribution in [1.29, 1.82) is 0 Å². The van der Waals surface area contributed by atoms with Crippen LogP contribution in [0.1, 0.15) is 38.2 Å². The number of aromatic nitrogens is 1. The normalized spacial score (nSPS) is 20.6. The van der Waals surface area contributed by atoms with Gasteiger partial charge in [-0.3, -0.25) is 9.59 Å². The number of Topliss-reactive ketones (excluding diaryl/α,β-unsaturated/α-hetero) is 1. The highest BCUT2D eigenvalue weighted by Gasteiger charge is 2.54. The van der Waals surface area contributed by atoms with Crippen molar-refractivity contribution in [2.75, 3.05) is 13.1 Å². The van der Waals surface area contributed by atoms with Gasteiger partial charge in [0.2, 0.25) is 15.9 Å². The first-order valence-electron chi connectivity index (χ1n) is 12.9. The number of carbonyl (C=O) groups excluding carboxylic acids is 2. The number of likely N-dealkylation sites (tertiary alicyclic amines) is 1. The molecule has 38 heavy (non-hydrogen) atoms. The first kappa shape index (κ1) is 26.1. The molecule has 1 amide bonds. The molecule has 3 heterocycles. The molecule has 5 rings (SSSR count). The molecule has 0 N–H and O–H groups in total. The monoisotopic (exact) mass is 533 g/mol. The van der Waals surface area contributed by atoms with Crippen LogP contribution in [-0.2, 0) is 19.6 Å². The van der Waals surface area contributed by atoms with E-state index in [1.54, 1.807) is 4.90 Å². The van der Waals surface area contributed by atoms with Crippen LogP contribution in [0.15, 0.2) is 84.0 Å². The van der Waals surface area contributed by atoms with Gasteiger partial charge in [0, 0.05) is 12.6 Å². The SMILES string of the molecule is CC(C)CC(C(=O)N1CCC2C1C(=O)CN2S(=O)(=O)c1ccc[n+]([O-])c1)c1cccc(-c2ccccc2)c1. The lowest BCUT2D eigenvalue weighted by atomic mass is 9.87. The lowest BCUT2D eigenvalue weighted by molar-refractivity contribution is -0.607. The average Bonchev–Trinajstić information content (AvgIpc) is 3.49. The third-order valence-electron chi connectivity index (χ3n) is 7.42. The molecule has 0 spiro atoms. The minimum Gasteiger partial charge on any atom is -0.619 e. The van der Waals surface area contributed by atoms with Gasteiger partial charge in [0.05, 0.1) is 18.5 Å². The van der Waals surface area contributed by atoms with E-state index in [1.807, 2.05) is 54.6 Å². The maximum absolute atomic E-state index is 14.0. The fourth-order valence-electron chi connectivity index (χ4n) is 5.68. The largest absolute Gasteiger partial charge is 0.619 e. The number of rotatable bonds is 7. The molecule has 198 valence electrons. The molecule has 0 bridgehead atoms. The zero-order valence-corrected chi connectivity index (χ0v) is 22.3. The minimum absolute atomic E-state index is 0.152. The van der Waals surface area contributed by atoms with Gasteiger partial charge in [0.15, 0.2) is 18.2 Å². The molecule has 2 saturated heterocycles. The Balaban J connectivity index is 1.44. The van der Waals surface area contributed by atoms with Crippen LogP contribution >= 0.6 is 0 Å². The second kappa shape index (κ2) is 10.3. The summed E-state index contributed by atoms with van der Waals surface area (Å²) in [5.74, 6) is -0.669. The molecule has 0 aliphatic carbocycles. The summed E-state index contributed by atoms with van der Waals surface area (Å²) in [5, 5.41) is 11.7. The van der Waals surface area contributed by atoms with Gasteiger partial charge in [-0.2, -0.15) is 9.04 Å². The van der Waals surface area contributed by atoms with Crippen LogP contribution in [0.4, 0.5) is 0 Å². The van der Waals surface area contributed by atoms with Gasteiger partial charge < -0.3 is 10.1 Å². The summed E-state index contributed by atoms with van der Waals surface area (Å²) in [4.78, 5) is 28.7. The summed E-state index contributed by atoms with van der Waals surface area (Å²) >= 11 is 0. The number of hydrogen-bond acceptors (Lipinski definition) is 5. The molecule has 2 aliphatic rings. The van der Waals surface area contributed by atoms with Gasteiger partial charge in [-0.1, -0.05) is 68.4 Å². The standard InChI is InChI=1S/C29H31N3O5S/c1-20(2)16-25(23-11-6-10-22(17-23)21-8-4-3-5-9-21)29(34)31-15-13-26-28(31)27(33)19-32(26)38(36,37)24-12-7-14-30(35)18-24/h3-12,14,17-18,20,25-26,28H,13,15-16,19H2,1-2H3. The van der Waals surface area contributed by atoms with Crippen molar-refractivity contribution >= 4 is 21.7 Å². The molecule has 2 fully saturated rings. The van der Waals surface area contributed by atoms with Crippen molar-refractivity contribution in [3.8, 4) is 11.1 Å². The van der Waals surface area contributed by atoms with Crippen molar-refractivity contribution in [3.05, 3.63) is 89.9 Å². The number of ketones is 1. The van der Waals surface area contributed by atoms with Crippen molar-refractivity contribution in [3.63, 3.8) is 0 Å². The van der Waals surface area contributed by atoms with Crippen LogP contribution in [0.2, 0.25) is 0 Å². The van der Waals surface area contributed by atoms with E-state index >= 15 is 0 Å². The Labute approximate surface area is 223 Å². The highest BCUT2D eigenvalue weighted by Crippen LogP contribution is 2.37. The Kier molecular flexibility index (Phi) is 7.07. The van der Waals surface area contributed by atoms with Crippen LogP contribution in [0.5, 0.6) is 0 Å². The topological polar surface area (TPSA) is 102 Å². The maximum Gasteiger partial charge on any atom is 0.249 e. The van der Waals surface area contributed by atoms with Crippen molar-refractivity contribution in [1.82, 2.24) is 9.21 Å². The van der Waals surface area contributed by atoms with Gasteiger partial charge in [0.25, 0.3) is 0 Å². The average molecular weight is 534 g/mol. The highest BCUT2D eigenvalue weighted by molar-refractivity contribution is 7.89. The third-order valence-corrected chi connectivity index (χ3v) is 9.27. The van der Waals surface area contributed by atoms with Crippen LogP contribution in [0.25, 0.3) is 11.1 Å². The van der Waals surface area contributed by atoms with Crippen molar-refractivity contribution in [2.24, 2.45) is 5.92 Å². The number of benzene rings is 2. The Morgan fingerprint density at radius 2 is 1.79 bits per heavy atom. The molecule has 3 unspecified atom stereocenters. The number of carbonyl (C=O) groups is 2. The molecule has 0 radical (unpaired) electrons. The molecule has 2 aromatic carbocycles. The van der Waals surface area contributed by atoms with Crippen LogP contribution < -0.4 is 4.73 Å². The molecular weight excluding hydrogens is 502 g/mol. The van der Waals surface area contributed by atoms with Gasteiger partial charge in [0.1, 0.15) is 10.9 Å². The number of hydrogen-bond donors (Lipinski definition) is 0. The smallest absolute Gasteiger partial charge is 0.249 e. The second-order valence-corrected chi connectivity index (χ2v) is 12.3. The van der Waals surface area contributed by atoms with Crippen LogP contribution in [0, 0.1) is 11.1 Å². The summed E-state index contributed by atoms with van der Waals surface area (Å²) in [7, 11) is -4.07. The van der Waals surface area contributed by atoms with Crippen LogP contribution in [0.3, 0.4) is 0 Å². The minimum atomic E-state index is -4.07. The van der Waals surface area contributed by atoms with Crippen molar-refractivity contribution < 1.29 is 22.7 Å². The van der Waals surface area contributed by atoms with Crippen molar-refractivity contribution in [2.45, 2.75) is 49.6 Å². The van der Waals surface area contributed by atoms with E-state index in [1.165, 1.54) is 18.3 Å². The molecule has 8 nitrogen and oxygen atoms in total. The number of amides is 1. The number of fused-ring (bicyclic) bond motifs is 1. The molecule has 2 aliphatic heterocycles. The first-order valence-corrected chi connectivity index (χ1v) is 14.3. The van der Waals surface area contributed by atoms with E-state index in [9.17, 15) is 23.2 Å². The summed E-state index contributed by atoms with van der Waals surface area (Å²) in [5.41, 5.74) is 2.95. The summed E-state index contributed by atoms with van der Waals surface area (Å²) in [6.07, 6.45) is 3.16. The number of sulfonamides is 1. The van der Waals surface area contributed by atoms with Gasteiger partial charge >= 0.3 is 0 Å². The second-order valence-electron chi connectivity index (χ2n) is 10.4. The summed E-state index contributed by atoms with van der Waals surface area (Å²) in [6, 6.07) is 19.1. The Morgan fingerprint density at radius 1 is 1.05 bits per heavy atom. The van der Waals surface area contributed by atoms with Gasteiger partial charge in [-0.15, -0.1) is 0 Å². The Morgan fingerprint density at radius 3 is 2.50 bits per heavy atom. The fourth-order valence-corrected chi connectivity index (χ4v) is 7.31. The molecule has 3 atom stereocenters. The quantitative estimate of drug-likeness (QED) is 0.342. The lowest BCUT2D eigenvalue weighted by Crippen LogP contribution is -2.45. The summed E-state index contributed by atoms with van der Waals surface area (Å²) < 4.78 is 28.3. The van der Waals surface area contributed by atoms with Crippen LogP contribution in [-0.4, -0.2) is 54.5 Å². The Hall–Kier alpha value is -3.56. The van der Waals surface area contributed by atoms with E-state index in [-0.39, 0.29) is 29.0 Å². The molecule has 0 saturated carbocycles. The zero-order chi connectivity index (χ0) is 27.0. The van der Waals surface area contributed by atoms with E-state index in [0.29, 0.717) is 24.1 Å². The molecule has 9 heteroatoms. The molecule has 1 aromatic heterocycles. The first-order chi connectivity index (χ1) is 18.2. The third kappa shape index (κ3) is 4.83. The predicted molar refractivity (Wildman–Crippen MR) is 142 cm³/mol. The molecule has 3 aromatic rings. The predicted octanol–water partition coefficient (Wildman–Crippen LogP) is 3.36. The molecular formula is C29H31N3O5S. The Bertz CT molecular complexity index is 1460. The van der Waals surface area contributed by atoms with E-state index in [2.05, 4.69) is 13.8 Å². The lowest BCUT2D eigenvalue weighted by Gasteiger charge is -2.29. The van der Waals surface area contributed by atoms with E-state index in [0.717, 1.165) is 27.2 Å². The van der Waals surface area contributed by atoms with Gasteiger partial charge in [-0.05, 0) is 41.5 Å². The highest BCUT2D eigenvalue weighted by atomic mass is 32.2. The maximum atomic E-state index is 14.0. The number of nitrogens with zero attached hydrogens (tertiary/aromatic N) is 3. The fraction of sp³-hybridized carbons (Fsp3) is 0.345. The van der Waals surface area contributed by atoms with Gasteiger partial charge in [-0.25, -0.2) is 8.42 Å². The summed E-state index contributed by atoms with van der Waals surface area (Å²) in [6.45, 7) is 4.11. The zero-order valence-electron chi connectivity index (χ0n) is 21.4.